The highest BCUT2D eigenvalue weighted by Crippen LogP contribution is 2.48. The topological polar surface area (TPSA) is 59.0 Å². The molecule has 2 aliphatic rings. The number of aromatic nitrogens is 1. The molecule has 0 radical (unpaired) electrons. The van der Waals surface area contributed by atoms with Gasteiger partial charge in [-0.2, -0.15) is 0 Å². The molecule has 6 nitrogen and oxygen atoms in total. The van der Waals surface area contributed by atoms with Crippen LogP contribution < -0.4 is 4.74 Å². The Morgan fingerprint density at radius 1 is 1.02 bits per heavy atom. The third-order valence-corrected chi connectivity index (χ3v) is 9.73. The molecule has 0 spiro atoms. The van der Waals surface area contributed by atoms with E-state index in [2.05, 4.69) is 62.4 Å². The van der Waals surface area contributed by atoms with Gasteiger partial charge >= 0.3 is 0 Å². The minimum atomic E-state index is -1.11. The lowest BCUT2D eigenvalue weighted by molar-refractivity contribution is -0.433. The van der Waals surface area contributed by atoms with Crippen LogP contribution in [-0.2, 0) is 31.8 Å². The third kappa shape index (κ3) is 4.54. The van der Waals surface area contributed by atoms with E-state index in [9.17, 15) is 0 Å². The fourth-order valence-electron chi connectivity index (χ4n) is 5.99. The zero-order valence-corrected chi connectivity index (χ0v) is 24.9. The number of aryl methyl sites for hydroxylation is 3. The summed E-state index contributed by atoms with van der Waals surface area (Å²) in [5, 5.41) is 0. The van der Waals surface area contributed by atoms with Crippen molar-refractivity contribution in [3.05, 3.63) is 81.4 Å². The van der Waals surface area contributed by atoms with Crippen molar-refractivity contribution < 1.29 is 23.7 Å². The molecule has 6 rings (SSSR count). The van der Waals surface area contributed by atoms with E-state index in [4.69, 9.17) is 28.7 Å². The Balaban J connectivity index is 1.56. The normalized spacial score (nSPS) is 24.6. The Morgan fingerprint density at radius 2 is 1.80 bits per heavy atom. The molecule has 1 fully saturated rings. The van der Waals surface area contributed by atoms with Gasteiger partial charge in [-0.1, -0.05) is 36.4 Å². The van der Waals surface area contributed by atoms with Gasteiger partial charge in [-0.25, -0.2) is 0 Å². The molecule has 0 N–H and O–H groups in total. The summed E-state index contributed by atoms with van der Waals surface area (Å²) in [5.74, 6) is -1.18. The average Bonchev–Trinajstić information content (AvgIpc) is 3.28. The standard InChI is InChI=1S/C33H37NO5S/c1-20-28(27-19-38-32(3,35-5)33(4,36-6)39-27)29(24-14-15-26-23(18-24)13-10-16-37-26)31-30(34-20)25(21(2)40-31)17-22-11-8-7-9-12-22/h7-9,11-12,14-15,18,27H,10,13,16-17,19H2,1-6H3. The Bertz CT molecular complexity index is 1550. The summed E-state index contributed by atoms with van der Waals surface area (Å²) in [7, 11) is 3.24. The third-order valence-electron chi connectivity index (χ3n) is 8.57. The number of ether oxygens (including phenoxy) is 5. The summed E-state index contributed by atoms with van der Waals surface area (Å²) in [6, 6.07) is 17.2. The van der Waals surface area contributed by atoms with E-state index in [0.29, 0.717) is 6.61 Å². The van der Waals surface area contributed by atoms with Crippen LogP contribution in [0.3, 0.4) is 0 Å². The first kappa shape index (κ1) is 27.4. The van der Waals surface area contributed by atoms with E-state index < -0.39 is 17.7 Å². The first-order valence-corrected chi connectivity index (χ1v) is 14.7. The number of methoxy groups -OCH3 is 2. The number of benzene rings is 2. The smallest absolute Gasteiger partial charge is 0.220 e. The first-order valence-electron chi connectivity index (χ1n) is 13.9. The van der Waals surface area contributed by atoms with Gasteiger partial charge in [0.1, 0.15) is 11.9 Å². The molecule has 0 amide bonds. The lowest BCUT2D eigenvalue weighted by Crippen LogP contribution is -2.60. The molecule has 2 aromatic carbocycles. The number of hydrogen-bond donors (Lipinski definition) is 0. The van der Waals surface area contributed by atoms with Crippen molar-refractivity contribution >= 4 is 21.6 Å². The maximum Gasteiger partial charge on any atom is 0.220 e. The Hall–Kier alpha value is -2.81. The van der Waals surface area contributed by atoms with Crippen molar-refractivity contribution in [3.63, 3.8) is 0 Å². The van der Waals surface area contributed by atoms with Crippen molar-refractivity contribution in [1.29, 1.82) is 0 Å². The van der Waals surface area contributed by atoms with Gasteiger partial charge in [0.2, 0.25) is 11.6 Å². The Labute approximate surface area is 240 Å². The van der Waals surface area contributed by atoms with Crippen molar-refractivity contribution in [2.24, 2.45) is 0 Å². The maximum atomic E-state index is 6.72. The van der Waals surface area contributed by atoms with Crippen LogP contribution in [0, 0.1) is 13.8 Å². The molecule has 3 atom stereocenters. The SMILES string of the molecule is COC1(C)OCC(c2c(C)nc3c(Cc4ccccc4)c(C)sc3c2-c2ccc3c(c2)CCCO3)OC1(C)OC. The Morgan fingerprint density at radius 3 is 2.55 bits per heavy atom. The van der Waals surface area contributed by atoms with Gasteiger partial charge in [0.25, 0.3) is 0 Å². The highest BCUT2D eigenvalue weighted by molar-refractivity contribution is 7.19. The number of pyridine rings is 1. The van der Waals surface area contributed by atoms with Gasteiger partial charge in [0.05, 0.1) is 23.4 Å². The zero-order valence-electron chi connectivity index (χ0n) is 24.1. The lowest BCUT2D eigenvalue weighted by atomic mass is 9.91. The van der Waals surface area contributed by atoms with Crippen LogP contribution in [0.15, 0.2) is 48.5 Å². The molecule has 210 valence electrons. The molecule has 2 aliphatic heterocycles. The van der Waals surface area contributed by atoms with Crippen LogP contribution in [0.2, 0.25) is 0 Å². The fourth-order valence-corrected chi connectivity index (χ4v) is 7.18. The minimum absolute atomic E-state index is 0.319. The number of nitrogens with zero attached hydrogens (tertiary/aromatic N) is 1. The van der Waals surface area contributed by atoms with Crippen LogP contribution in [-0.4, -0.2) is 44.0 Å². The molecule has 4 heterocycles. The van der Waals surface area contributed by atoms with E-state index in [-0.39, 0.29) is 0 Å². The zero-order chi connectivity index (χ0) is 28.1. The van der Waals surface area contributed by atoms with Crippen molar-refractivity contribution in [1.82, 2.24) is 4.98 Å². The quantitative estimate of drug-likeness (QED) is 0.247. The average molecular weight is 560 g/mol. The van der Waals surface area contributed by atoms with Gasteiger partial charge < -0.3 is 23.7 Å². The van der Waals surface area contributed by atoms with E-state index >= 15 is 0 Å². The van der Waals surface area contributed by atoms with E-state index in [0.717, 1.165) is 59.5 Å². The molecule has 0 aliphatic carbocycles. The van der Waals surface area contributed by atoms with Crippen LogP contribution in [0.4, 0.5) is 0 Å². The molecular formula is C33H37NO5S. The Kier molecular flexibility index (Phi) is 7.21. The summed E-state index contributed by atoms with van der Waals surface area (Å²) in [6.45, 7) is 9.09. The molecule has 1 saturated heterocycles. The summed E-state index contributed by atoms with van der Waals surface area (Å²) in [4.78, 5) is 6.53. The number of hydrogen-bond acceptors (Lipinski definition) is 7. The second-order valence-corrected chi connectivity index (χ2v) is 12.2. The minimum Gasteiger partial charge on any atom is -0.493 e. The van der Waals surface area contributed by atoms with Crippen LogP contribution in [0.5, 0.6) is 5.75 Å². The van der Waals surface area contributed by atoms with Gasteiger partial charge in [-0.05, 0) is 74.9 Å². The monoisotopic (exact) mass is 559 g/mol. The number of rotatable bonds is 6. The summed E-state index contributed by atoms with van der Waals surface area (Å²) in [6.07, 6.45) is 2.47. The molecule has 0 saturated carbocycles. The van der Waals surface area contributed by atoms with Gasteiger partial charge in [0, 0.05) is 42.3 Å². The van der Waals surface area contributed by atoms with Crippen LogP contribution >= 0.6 is 11.3 Å². The summed E-state index contributed by atoms with van der Waals surface area (Å²) >= 11 is 1.81. The number of thiophene rings is 1. The highest BCUT2D eigenvalue weighted by atomic mass is 32.1. The van der Waals surface area contributed by atoms with Crippen molar-refractivity contribution in [3.8, 4) is 16.9 Å². The van der Waals surface area contributed by atoms with Crippen LogP contribution in [0.1, 0.15) is 59.2 Å². The molecule has 2 aromatic heterocycles. The number of fused-ring (bicyclic) bond motifs is 2. The second kappa shape index (κ2) is 10.5. The second-order valence-electron chi connectivity index (χ2n) is 11.0. The van der Waals surface area contributed by atoms with Gasteiger partial charge in [-0.3, -0.25) is 4.98 Å². The predicted molar refractivity (Wildman–Crippen MR) is 158 cm³/mol. The molecule has 4 aromatic rings. The molecule has 3 unspecified atom stereocenters. The van der Waals surface area contributed by atoms with Crippen molar-refractivity contribution in [2.45, 2.75) is 64.6 Å². The van der Waals surface area contributed by atoms with Crippen LogP contribution in [0.25, 0.3) is 21.3 Å². The first-order chi connectivity index (χ1) is 19.3. The van der Waals surface area contributed by atoms with Crippen molar-refractivity contribution in [2.75, 3.05) is 27.4 Å². The van der Waals surface area contributed by atoms with E-state index in [1.165, 1.54) is 26.3 Å². The maximum absolute atomic E-state index is 6.72. The molecular weight excluding hydrogens is 522 g/mol. The largest absolute Gasteiger partial charge is 0.493 e. The fraction of sp³-hybridized carbons (Fsp3) is 0.424. The summed E-state index contributed by atoms with van der Waals surface area (Å²) < 4.78 is 31.8. The molecule has 7 heteroatoms. The predicted octanol–water partition coefficient (Wildman–Crippen LogP) is 7.31. The lowest BCUT2D eigenvalue weighted by Gasteiger charge is -2.49. The van der Waals surface area contributed by atoms with Gasteiger partial charge in [-0.15, -0.1) is 11.3 Å². The van der Waals surface area contributed by atoms with Gasteiger partial charge in [0.15, 0.2) is 0 Å². The summed E-state index contributed by atoms with van der Waals surface area (Å²) in [5.41, 5.74) is 9.10. The highest BCUT2D eigenvalue weighted by Gasteiger charge is 2.54. The van der Waals surface area contributed by atoms with E-state index in [1.807, 2.05) is 25.2 Å². The molecule has 40 heavy (non-hydrogen) atoms. The molecule has 0 bridgehead atoms. The van der Waals surface area contributed by atoms with E-state index in [1.54, 1.807) is 14.2 Å².